The molecule has 6 amide bonds. The lowest BCUT2D eigenvalue weighted by atomic mass is 10.0. The van der Waals surface area contributed by atoms with Crippen molar-refractivity contribution in [3.8, 4) is 0 Å². The third-order valence-corrected chi connectivity index (χ3v) is 8.70. The molecule has 18 heteroatoms. The van der Waals surface area contributed by atoms with Crippen LogP contribution in [-0.2, 0) is 21.4 Å². The van der Waals surface area contributed by atoms with E-state index < -0.39 is 47.3 Å². The van der Waals surface area contributed by atoms with Crippen LogP contribution in [0.4, 0.5) is 9.59 Å². The minimum Gasteiger partial charge on any atom is -0.477 e. The lowest BCUT2D eigenvalue weighted by Crippen LogP contribution is -2.71. The number of fused-ring (bicyclic) bond motifs is 1. The molecule has 1 fully saturated rings. The maximum absolute atomic E-state index is 13.1. The molecule has 0 aliphatic carbocycles. The third kappa shape index (κ3) is 5.54. The fourth-order valence-corrected chi connectivity index (χ4v) is 6.69. The van der Waals surface area contributed by atoms with E-state index in [-0.39, 0.29) is 11.4 Å². The molecule has 2 unspecified atom stereocenters. The molecule has 2 aromatic heterocycles. The number of aromatic nitrogens is 4. The number of thioether (sulfide) groups is 2. The SMILES string of the molecule is CNC(=O)NC(=O)NC(C(=O)NC1C(=O)N2C(C(=O)O)=C(CSc3nnnn3C)CS[C@@H]12)c1cccs1. The number of tetrazole rings is 1. The van der Waals surface area contributed by atoms with E-state index >= 15 is 0 Å². The first-order valence-corrected chi connectivity index (χ1v) is 13.5. The van der Waals surface area contributed by atoms with E-state index in [0.29, 0.717) is 21.4 Å². The number of carbonyl (C=O) groups is 5. The Hall–Kier alpha value is -3.64. The van der Waals surface area contributed by atoms with Crippen LogP contribution in [0.15, 0.2) is 33.9 Å². The number of thiophene rings is 1. The Bertz CT molecular complexity index is 1260. The average Bonchev–Trinajstić information content (AvgIpc) is 3.55. The van der Waals surface area contributed by atoms with Gasteiger partial charge in [-0.2, -0.15) is 0 Å². The van der Waals surface area contributed by atoms with Crippen molar-refractivity contribution >= 4 is 64.7 Å². The van der Waals surface area contributed by atoms with Crippen LogP contribution in [0.2, 0.25) is 0 Å². The van der Waals surface area contributed by atoms with Gasteiger partial charge >= 0.3 is 18.0 Å². The lowest BCUT2D eigenvalue weighted by molar-refractivity contribution is -0.150. The van der Waals surface area contributed by atoms with Gasteiger partial charge in [0.2, 0.25) is 11.1 Å². The maximum atomic E-state index is 13.1. The number of carboxylic acid groups (broad SMARTS) is 1. The number of hydrogen-bond acceptors (Lipinski definition) is 11. The van der Waals surface area contributed by atoms with E-state index in [1.807, 2.05) is 5.32 Å². The van der Waals surface area contributed by atoms with Gasteiger partial charge in [0.25, 0.3) is 5.91 Å². The van der Waals surface area contributed by atoms with Crippen LogP contribution in [0, 0.1) is 0 Å². The zero-order chi connectivity index (χ0) is 26.7. The molecule has 1 saturated heterocycles. The minimum atomic E-state index is -1.25. The molecule has 0 aromatic carbocycles. The minimum absolute atomic E-state index is 0.125. The number of β-lactam (4-membered cyclic amide) rings is 1. The Morgan fingerprint density at radius 1 is 1.30 bits per heavy atom. The summed E-state index contributed by atoms with van der Waals surface area (Å²) in [5, 5.41) is 31.9. The molecular formula is C19H21N9O6S3. The van der Waals surface area contributed by atoms with Gasteiger partial charge < -0.3 is 21.1 Å². The summed E-state index contributed by atoms with van der Waals surface area (Å²) in [6, 6.07) is -0.522. The van der Waals surface area contributed by atoms with Crippen molar-refractivity contribution < 1.29 is 29.1 Å². The second-order valence-corrected chi connectivity index (χ2v) is 10.7. The first-order chi connectivity index (χ1) is 17.7. The average molecular weight is 568 g/mol. The second kappa shape index (κ2) is 11.2. The third-order valence-electron chi connectivity index (χ3n) is 5.32. The number of rotatable bonds is 8. The van der Waals surface area contributed by atoms with Crippen LogP contribution in [0.3, 0.4) is 0 Å². The fourth-order valence-electron chi connectivity index (χ4n) is 3.58. The highest BCUT2D eigenvalue weighted by molar-refractivity contribution is 8.01. The molecule has 4 rings (SSSR count). The lowest BCUT2D eigenvalue weighted by Gasteiger charge is -2.49. The molecule has 196 valence electrons. The largest absolute Gasteiger partial charge is 0.477 e. The summed E-state index contributed by atoms with van der Waals surface area (Å²) in [5.41, 5.74) is 0.406. The molecule has 37 heavy (non-hydrogen) atoms. The number of urea groups is 2. The summed E-state index contributed by atoms with van der Waals surface area (Å²) in [6.07, 6.45) is 0. The first kappa shape index (κ1) is 26.4. The monoisotopic (exact) mass is 567 g/mol. The molecule has 2 aromatic rings. The number of carbonyl (C=O) groups excluding carboxylic acids is 4. The number of nitrogens with one attached hydrogen (secondary N) is 4. The zero-order valence-electron chi connectivity index (χ0n) is 19.3. The van der Waals surface area contributed by atoms with Crippen molar-refractivity contribution in [2.75, 3.05) is 18.6 Å². The van der Waals surface area contributed by atoms with E-state index in [1.54, 1.807) is 24.6 Å². The van der Waals surface area contributed by atoms with E-state index in [1.165, 1.54) is 46.6 Å². The summed E-state index contributed by atoms with van der Waals surface area (Å²) in [6.45, 7) is 0. The fraction of sp³-hybridized carbons (Fsp3) is 0.368. The number of hydrogen-bond donors (Lipinski definition) is 5. The summed E-state index contributed by atoms with van der Waals surface area (Å²) in [5.74, 6) is -1.92. The maximum Gasteiger partial charge on any atom is 0.352 e. The van der Waals surface area contributed by atoms with E-state index in [9.17, 15) is 29.1 Å². The van der Waals surface area contributed by atoms with Crippen LogP contribution in [-0.4, -0.2) is 90.0 Å². The van der Waals surface area contributed by atoms with Gasteiger partial charge in [-0.25, -0.2) is 19.1 Å². The standard InChI is InChI=1S/C19H21N9O6S3/c1-20-17(33)23-18(34)22-10(9-4-3-5-35-9)13(29)21-11-14(30)28-12(16(31)32)8(6-36-15(11)28)7-37-19-24-25-26-27(19)2/h3-5,10-11,15H,6-7H2,1-2H3,(H,21,29)(H,31,32)(H3,20,22,23,33,34)/t10?,11?,15-/m0/s1. The Morgan fingerprint density at radius 2 is 2.08 bits per heavy atom. The van der Waals surface area contributed by atoms with Crippen LogP contribution in [0.1, 0.15) is 10.9 Å². The van der Waals surface area contributed by atoms with Crippen molar-refractivity contribution in [2.45, 2.75) is 22.6 Å². The van der Waals surface area contributed by atoms with Gasteiger partial charge in [-0.15, -0.1) is 28.2 Å². The summed E-state index contributed by atoms with van der Waals surface area (Å²) >= 11 is 3.77. The van der Waals surface area contributed by atoms with Gasteiger partial charge in [-0.3, -0.25) is 19.8 Å². The van der Waals surface area contributed by atoms with Crippen LogP contribution in [0.5, 0.6) is 0 Å². The van der Waals surface area contributed by atoms with E-state index in [2.05, 4.69) is 31.5 Å². The molecule has 3 atom stereocenters. The molecule has 4 heterocycles. The molecule has 0 radical (unpaired) electrons. The first-order valence-electron chi connectivity index (χ1n) is 10.6. The van der Waals surface area contributed by atoms with Crippen LogP contribution in [0.25, 0.3) is 0 Å². The van der Waals surface area contributed by atoms with Crippen LogP contribution >= 0.6 is 34.9 Å². The zero-order valence-corrected chi connectivity index (χ0v) is 21.8. The van der Waals surface area contributed by atoms with Gasteiger partial charge in [-0.1, -0.05) is 17.8 Å². The van der Waals surface area contributed by atoms with Crippen molar-refractivity contribution in [1.82, 2.24) is 46.4 Å². The van der Waals surface area contributed by atoms with Crippen molar-refractivity contribution in [3.05, 3.63) is 33.7 Å². The summed E-state index contributed by atoms with van der Waals surface area (Å²) in [4.78, 5) is 63.5. The predicted octanol–water partition coefficient (Wildman–Crippen LogP) is -0.518. The van der Waals surface area contributed by atoms with Crippen LogP contribution < -0.4 is 21.3 Å². The van der Waals surface area contributed by atoms with Gasteiger partial charge in [0.1, 0.15) is 23.2 Å². The highest BCUT2D eigenvalue weighted by atomic mass is 32.2. The number of carboxylic acids is 1. The molecule has 5 N–H and O–H groups in total. The van der Waals surface area contributed by atoms with Gasteiger partial charge in [0.15, 0.2) is 0 Å². The smallest absolute Gasteiger partial charge is 0.352 e. The normalized spacial score (nSPS) is 19.4. The van der Waals surface area contributed by atoms with Gasteiger partial charge in [-0.05, 0) is 27.4 Å². The quantitative estimate of drug-likeness (QED) is 0.203. The van der Waals surface area contributed by atoms with E-state index in [4.69, 9.17) is 0 Å². The number of nitrogens with zero attached hydrogens (tertiary/aromatic N) is 5. The molecule has 0 spiro atoms. The molecule has 15 nitrogen and oxygen atoms in total. The molecule has 2 aliphatic rings. The van der Waals surface area contributed by atoms with E-state index in [0.717, 1.165) is 4.90 Å². The Morgan fingerprint density at radius 3 is 2.70 bits per heavy atom. The predicted molar refractivity (Wildman–Crippen MR) is 132 cm³/mol. The molecule has 0 saturated carbocycles. The Kier molecular flexibility index (Phi) is 7.98. The molecule has 0 bridgehead atoms. The Balaban J connectivity index is 1.46. The number of imide groups is 1. The van der Waals surface area contributed by atoms with Crippen molar-refractivity contribution in [3.63, 3.8) is 0 Å². The van der Waals surface area contributed by atoms with Crippen molar-refractivity contribution in [1.29, 1.82) is 0 Å². The second-order valence-electron chi connectivity index (χ2n) is 7.65. The molecular weight excluding hydrogens is 546 g/mol. The van der Waals surface area contributed by atoms with Crippen molar-refractivity contribution in [2.24, 2.45) is 7.05 Å². The number of aryl methyl sites for hydroxylation is 1. The number of aliphatic carboxylic acids is 1. The highest BCUT2D eigenvalue weighted by Gasteiger charge is 2.54. The summed E-state index contributed by atoms with van der Waals surface area (Å²) < 4.78 is 1.46. The van der Waals surface area contributed by atoms with Gasteiger partial charge in [0.05, 0.1) is 0 Å². The summed E-state index contributed by atoms with van der Waals surface area (Å²) in [7, 11) is 2.99. The number of amides is 6. The topological polar surface area (TPSA) is 201 Å². The molecule has 2 aliphatic heterocycles. The Labute approximate surface area is 221 Å². The highest BCUT2D eigenvalue weighted by Crippen LogP contribution is 2.41. The van der Waals surface area contributed by atoms with Gasteiger partial charge in [0, 0.05) is 30.5 Å².